The Bertz CT molecular complexity index is 1050. The van der Waals surface area contributed by atoms with Crippen LogP contribution in [0.3, 0.4) is 0 Å². The molecule has 1 aliphatic rings. The van der Waals surface area contributed by atoms with Crippen molar-refractivity contribution in [3.8, 4) is 0 Å². The molecule has 1 aromatic heterocycles. The number of nitrogens with zero attached hydrogens (tertiary/aromatic N) is 2. The lowest BCUT2D eigenvalue weighted by Crippen LogP contribution is -2.49. The monoisotopic (exact) mass is 437 g/mol. The van der Waals surface area contributed by atoms with Gasteiger partial charge in [-0.05, 0) is 48.5 Å². The van der Waals surface area contributed by atoms with Gasteiger partial charge in [0.2, 0.25) is 0 Å². The molecule has 1 fully saturated rings. The second-order valence-corrected chi connectivity index (χ2v) is 7.40. The number of nitrogens with one attached hydrogen (secondary N) is 1. The second kappa shape index (κ2) is 10.00. The van der Waals surface area contributed by atoms with Crippen molar-refractivity contribution in [2.24, 2.45) is 0 Å². The summed E-state index contributed by atoms with van der Waals surface area (Å²) in [4.78, 5) is 28.9. The molecule has 2 aromatic carbocycles. The number of hydrogen-bond acceptors (Lipinski definition) is 6. The molecule has 8 heteroatoms. The Labute approximate surface area is 185 Å². The van der Waals surface area contributed by atoms with E-state index in [0.29, 0.717) is 44.0 Å². The molecule has 0 unspecified atom stereocenters. The molecule has 0 atom stereocenters. The lowest BCUT2D eigenvalue weighted by Gasteiger charge is -2.36. The number of ether oxygens (including phenoxy) is 1. The van der Waals surface area contributed by atoms with Gasteiger partial charge in [0.25, 0.3) is 5.91 Å². The fourth-order valence-corrected chi connectivity index (χ4v) is 3.57. The molecule has 2 heterocycles. The molecule has 0 aliphatic carbocycles. The number of anilines is 2. The van der Waals surface area contributed by atoms with E-state index in [0.717, 1.165) is 11.4 Å². The topological polar surface area (TPSA) is 75.0 Å². The Balaban J connectivity index is 1.27. The van der Waals surface area contributed by atoms with E-state index in [2.05, 4.69) is 10.2 Å². The van der Waals surface area contributed by atoms with Crippen LogP contribution >= 0.6 is 0 Å². The summed E-state index contributed by atoms with van der Waals surface area (Å²) in [5.41, 5.74) is 1.88. The minimum atomic E-state index is -0.564. The third-order valence-corrected chi connectivity index (χ3v) is 5.33. The molecular weight excluding hydrogens is 413 g/mol. The highest BCUT2D eigenvalue weighted by molar-refractivity contribution is 5.96. The van der Waals surface area contributed by atoms with Gasteiger partial charge in [0.05, 0.1) is 18.4 Å². The van der Waals surface area contributed by atoms with Crippen molar-refractivity contribution in [1.29, 1.82) is 0 Å². The highest BCUT2D eigenvalue weighted by atomic mass is 19.1. The first-order valence-corrected chi connectivity index (χ1v) is 10.4. The Morgan fingerprint density at radius 3 is 2.44 bits per heavy atom. The number of para-hydroxylation sites is 1. The average Bonchev–Trinajstić information content (AvgIpc) is 3.35. The van der Waals surface area contributed by atoms with E-state index in [4.69, 9.17) is 9.15 Å². The van der Waals surface area contributed by atoms with Gasteiger partial charge in [0.1, 0.15) is 11.6 Å². The van der Waals surface area contributed by atoms with Crippen LogP contribution < -0.4 is 10.2 Å². The average molecular weight is 437 g/mol. The van der Waals surface area contributed by atoms with E-state index < -0.39 is 5.97 Å². The van der Waals surface area contributed by atoms with E-state index in [-0.39, 0.29) is 18.3 Å². The van der Waals surface area contributed by atoms with Crippen LogP contribution in [0.25, 0.3) is 0 Å². The summed E-state index contributed by atoms with van der Waals surface area (Å²) in [6, 6.07) is 16.9. The Morgan fingerprint density at radius 2 is 1.72 bits per heavy atom. The van der Waals surface area contributed by atoms with Crippen molar-refractivity contribution in [3.05, 3.63) is 84.1 Å². The minimum Gasteiger partial charge on any atom is -0.467 e. The van der Waals surface area contributed by atoms with Gasteiger partial charge in [-0.1, -0.05) is 12.1 Å². The fourth-order valence-electron chi connectivity index (χ4n) is 3.57. The fraction of sp³-hybridized carbons (Fsp3) is 0.250. The van der Waals surface area contributed by atoms with E-state index in [1.807, 2.05) is 12.1 Å². The van der Waals surface area contributed by atoms with Crippen LogP contribution in [-0.4, -0.2) is 49.6 Å². The standard InChI is InChI=1S/C24H24FN3O4/c25-18-7-9-19(10-8-18)27-11-13-28(14-12-27)23(29)17-32-24(30)21-5-1-2-6-22(21)26-16-20-4-3-15-31-20/h1-10,15,26H,11-14,16-17H2. The molecule has 0 saturated carbocycles. The maximum absolute atomic E-state index is 13.1. The van der Waals surface area contributed by atoms with Crippen LogP contribution in [0.2, 0.25) is 0 Å². The van der Waals surface area contributed by atoms with Crippen molar-refractivity contribution >= 4 is 23.3 Å². The SMILES string of the molecule is O=C(OCC(=O)N1CCN(c2ccc(F)cc2)CC1)c1ccccc1NCc1ccco1. The first kappa shape index (κ1) is 21.4. The number of carbonyl (C=O) groups is 2. The predicted octanol–water partition coefficient (Wildman–Crippen LogP) is 3.54. The van der Waals surface area contributed by atoms with Crippen LogP contribution in [0.1, 0.15) is 16.1 Å². The maximum Gasteiger partial charge on any atom is 0.340 e. The number of benzene rings is 2. The number of halogens is 1. The van der Waals surface area contributed by atoms with Gasteiger partial charge in [-0.3, -0.25) is 4.79 Å². The zero-order valence-corrected chi connectivity index (χ0v) is 17.5. The smallest absolute Gasteiger partial charge is 0.340 e. The maximum atomic E-state index is 13.1. The number of amides is 1. The van der Waals surface area contributed by atoms with Gasteiger partial charge in [0.15, 0.2) is 6.61 Å². The molecule has 3 aromatic rings. The van der Waals surface area contributed by atoms with Crippen molar-refractivity contribution in [3.63, 3.8) is 0 Å². The molecule has 32 heavy (non-hydrogen) atoms. The Kier molecular flexibility index (Phi) is 6.69. The van der Waals surface area contributed by atoms with Crippen LogP contribution in [0.5, 0.6) is 0 Å². The summed E-state index contributed by atoms with van der Waals surface area (Å²) in [7, 11) is 0. The summed E-state index contributed by atoms with van der Waals surface area (Å²) < 4.78 is 23.7. The Morgan fingerprint density at radius 1 is 0.969 bits per heavy atom. The van der Waals surface area contributed by atoms with Crippen molar-refractivity contribution in [2.45, 2.75) is 6.54 Å². The number of furan rings is 1. The summed E-state index contributed by atoms with van der Waals surface area (Å²) in [6.45, 7) is 2.39. The highest BCUT2D eigenvalue weighted by Crippen LogP contribution is 2.19. The number of rotatable bonds is 7. The van der Waals surface area contributed by atoms with Gasteiger partial charge in [-0.15, -0.1) is 0 Å². The normalized spacial score (nSPS) is 13.7. The van der Waals surface area contributed by atoms with E-state index in [1.165, 1.54) is 12.1 Å². The number of carbonyl (C=O) groups excluding carboxylic acids is 2. The molecule has 0 spiro atoms. The van der Waals surface area contributed by atoms with Crippen molar-refractivity contribution in [1.82, 2.24) is 4.90 Å². The summed E-state index contributed by atoms with van der Waals surface area (Å²) >= 11 is 0. The molecule has 1 saturated heterocycles. The van der Waals surface area contributed by atoms with Gasteiger partial charge in [-0.25, -0.2) is 9.18 Å². The molecule has 7 nitrogen and oxygen atoms in total. The van der Waals surface area contributed by atoms with E-state index >= 15 is 0 Å². The van der Waals surface area contributed by atoms with E-state index in [1.54, 1.807) is 47.6 Å². The number of hydrogen-bond donors (Lipinski definition) is 1. The molecule has 0 radical (unpaired) electrons. The highest BCUT2D eigenvalue weighted by Gasteiger charge is 2.23. The van der Waals surface area contributed by atoms with Crippen LogP contribution in [0.15, 0.2) is 71.3 Å². The molecule has 1 amide bonds. The third kappa shape index (κ3) is 5.26. The van der Waals surface area contributed by atoms with Crippen LogP contribution in [-0.2, 0) is 16.1 Å². The molecular formula is C24H24FN3O4. The van der Waals surface area contributed by atoms with Gasteiger partial charge < -0.3 is 24.3 Å². The lowest BCUT2D eigenvalue weighted by atomic mass is 10.2. The first-order chi connectivity index (χ1) is 15.6. The lowest BCUT2D eigenvalue weighted by molar-refractivity contribution is -0.134. The minimum absolute atomic E-state index is 0.238. The summed E-state index contributed by atoms with van der Waals surface area (Å²) in [6.07, 6.45) is 1.59. The quantitative estimate of drug-likeness (QED) is 0.570. The van der Waals surface area contributed by atoms with Crippen LogP contribution in [0, 0.1) is 5.82 Å². The predicted molar refractivity (Wildman–Crippen MR) is 118 cm³/mol. The molecule has 4 rings (SSSR count). The second-order valence-electron chi connectivity index (χ2n) is 7.40. The zero-order valence-electron chi connectivity index (χ0n) is 17.5. The van der Waals surface area contributed by atoms with Gasteiger partial charge >= 0.3 is 5.97 Å². The molecule has 1 N–H and O–H groups in total. The number of esters is 1. The van der Waals surface area contributed by atoms with Crippen molar-refractivity contribution < 1.29 is 23.1 Å². The molecule has 0 bridgehead atoms. The largest absolute Gasteiger partial charge is 0.467 e. The zero-order chi connectivity index (χ0) is 22.3. The van der Waals surface area contributed by atoms with Gasteiger partial charge in [0, 0.05) is 37.6 Å². The van der Waals surface area contributed by atoms with Crippen LogP contribution in [0.4, 0.5) is 15.8 Å². The first-order valence-electron chi connectivity index (χ1n) is 10.4. The third-order valence-electron chi connectivity index (χ3n) is 5.33. The Hall–Kier alpha value is -3.81. The van der Waals surface area contributed by atoms with E-state index in [9.17, 15) is 14.0 Å². The summed E-state index contributed by atoms with van der Waals surface area (Å²) in [5, 5.41) is 3.15. The van der Waals surface area contributed by atoms with Gasteiger partial charge in [-0.2, -0.15) is 0 Å². The van der Waals surface area contributed by atoms with Crippen molar-refractivity contribution in [2.75, 3.05) is 43.0 Å². The summed E-state index contributed by atoms with van der Waals surface area (Å²) in [5.74, 6) is -0.339. The number of piperazine rings is 1. The molecule has 166 valence electrons. The molecule has 1 aliphatic heterocycles.